The first-order valence-corrected chi connectivity index (χ1v) is 7.98. The second-order valence-corrected chi connectivity index (χ2v) is 6.77. The number of nitrogens with two attached hydrogens (primary N) is 2. The zero-order valence-electron chi connectivity index (χ0n) is 13.3. The smallest absolute Gasteiger partial charge is 0.268 e. The summed E-state index contributed by atoms with van der Waals surface area (Å²) in [6, 6.07) is 2.02. The average molecular weight is 341 g/mol. The molecule has 2 amide bonds. The number of hydrogen-bond donors (Lipinski definition) is 3. The maximum Gasteiger partial charge on any atom is 0.268 e. The summed E-state index contributed by atoms with van der Waals surface area (Å²) < 4.78 is 1.65. The molecule has 2 fully saturated rings. The highest BCUT2D eigenvalue weighted by Crippen LogP contribution is 2.39. The van der Waals surface area contributed by atoms with Crippen molar-refractivity contribution in [3.63, 3.8) is 0 Å². The number of fused-ring (bicyclic) bond motifs is 2. The highest BCUT2D eigenvalue weighted by Gasteiger charge is 2.40. The van der Waals surface area contributed by atoms with E-state index < -0.39 is 5.91 Å². The lowest BCUT2D eigenvalue weighted by Crippen LogP contribution is -2.53. The Morgan fingerprint density at radius 3 is 2.39 bits per heavy atom. The lowest BCUT2D eigenvalue weighted by atomic mass is 9.67. The lowest BCUT2D eigenvalue weighted by Gasteiger charge is -2.45. The van der Waals surface area contributed by atoms with Gasteiger partial charge < -0.3 is 21.4 Å². The van der Waals surface area contributed by atoms with Crippen molar-refractivity contribution < 1.29 is 9.59 Å². The van der Waals surface area contributed by atoms with Gasteiger partial charge in [-0.15, -0.1) is 12.4 Å². The van der Waals surface area contributed by atoms with Crippen LogP contribution in [0.3, 0.4) is 0 Å². The van der Waals surface area contributed by atoms with Crippen LogP contribution in [0.4, 0.5) is 0 Å². The Morgan fingerprint density at radius 1 is 1.26 bits per heavy atom. The van der Waals surface area contributed by atoms with Crippen LogP contribution in [-0.4, -0.2) is 28.5 Å². The standard InChI is InChI=1S/C16H24N4O2.ClH/c1-20-8-11(15(18)21)7-13(20)16(22)19-14-9-3-2-4-10(14)6-12(17)5-9;/h7-10,12,14H,2-6,17H2,1H3,(H2,18,21)(H,19,22);1H. The molecule has 0 saturated heterocycles. The topological polar surface area (TPSA) is 103 Å². The second-order valence-electron chi connectivity index (χ2n) is 6.77. The Labute approximate surface area is 142 Å². The molecule has 2 unspecified atom stereocenters. The van der Waals surface area contributed by atoms with Crippen LogP contribution in [0.2, 0.25) is 0 Å². The molecule has 1 aromatic heterocycles. The summed E-state index contributed by atoms with van der Waals surface area (Å²) in [7, 11) is 1.75. The van der Waals surface area contributed by atoms with E-state index in [-0.39, 0.29) is 30.4 Å². The first-order valence-electron chi connectivity index (χ1n) is 7.98. The molecule has 2 bridgehead atoms. The van der Waals surface area contributed by atoms with Crippen molar-refractivity contribution in [3.05, 3.63) is 23.5 Å². The molecule has 2 aliphatic carbocycles. The van der Waals surface area contributed by atoms with Crippen LogP contribution >= 0.6 is 12.4 Å². The van der Waals surface area contributed by atoms with Crippen molar-refractivity contribution in [2.45, 2.75) is 44.2 Å². The Hall–Kier alpha value is -1.53. The molecule has 6 nitrogen and oxygen atoms in total. The van der Waals surface area contributed by atoms with E-state index in [1.807, 2.05) is 0 Å². The highest BCUT2D eigenvalue weighted by molar-refractivity contribution is 5.98. The molecule has 0 spiro atoms. The fourth-order valence-electron chi connectivity index (χ4n) is 4.18. The van der Waals surface area contributed by atoms with Crippen molar-refractivity contribution in [1.82, 2.24) is 9.88 Å². The van der Waals surface area contributed by atoms with Crippen LogP contribution in [0.15, 0.2) is 12.3 Å². The molecule has 5 N–H and O–H groups in total. The van der Waals surface area contributed by atoms with Gasteiger partial charge in [0.05, 0.1) is 5.56 Å². The number of carbonyl (C=O) groups excluding carboxylic acids is 2. The normalized spacial score (nSPS) is 29.5. The third-order valence-electron chi connectivity index (χ3n) is 5.20. The van der Waals surface area contributed by atoms with Crippen LogP contribution in [0.1, 0.15) is 53.0 Å². The SMILES string of the molecule is Cl.Cn1cc(C(N)=O)cc1C(=O)NC1C2CCCC1CC(N)C2. The van der Waals surface area contributed by atoms with E-state index in [0.717, 1.165) is 25.7 Å². The number of nitrogens with one attached hydrogen (secondary N) is 1. The molecule has 1 aromatic rings. The van der Waals surface area contributed by atoms with Crippen molar-refractivity contribution >= 4 is 24.2 Å². The van der Waals surface area contributed by atoms with Gasteiger partial charge in [0.15, 0.2) is 0 Å². The molecular formula is C16H25ClN4O2. The summed E-state index contributed by atoms with van der Waals surface area (Å²) in [6.07, 6.45) is 7.06. The van der Waals surface area contributed by atoms with Crippen LogP contribution in [-0.2, 0) is 7.05 Å². The summed E-state index contributed by atoms with van der Waals surface area (Å²) in [5, 5.41) is 3.18. The van der Waals surface area contributed by atoms with E-state index >= 15 is 0 Å². The van der Waals surface area contributed by atoms with Gasteiger partial charge in [-0.3, -0.25) is 9.59 Å². The van der Waals surface area contributed by atoms with Gasteiger partial charge >= 0.3 is 0 Å². The third kappa shape index (κ3) is 3.53. The first-order chi connectivity index (χ1) is 10.5. The number of hydrogen-bond acceptors (Lipinski definition) is 3. The van der Waals surface area contributed by atoms with Gasteiger partial charge in [-0.2, -0.15) is 0 Å². The number of amides is 2. The van der Waals surface area contributed by atoms with E-state index in [2.05, 4.69) is 5.32 Å². The summed E-state index contributed by atoms with van der Waals surface area (Å²) >= 11 is 0. The molecule has 0 aliphatic heterocycles. The Morgan fingerprint density at radius 2 is 1.87 bits per heavy atom. The summed E-state index contributed by atoms with van der Waals surface area (Å²) in [5.74, 6) is 0.298. The highest BCUT2D eigenvalue weighted by atomic mass is 35.5. The molecule has 7 heteroatoms. The molecule has 128 valence electrons. The molecular weight excluding hydrogens is 316 g/mol. The number of primary amides is 1. The van der Waals surface area contributed by atoms with Gasteiger partial charge in [0, 0.05) is 25.3 Å². The predicted molar refractivity (Wildman–Crippen MR) is 90.5 cm³/mol. The fourth-order valence-corrected chi connectivity index (χ4v) is 4.18. The lowest BCUT2D eigenvalue weighted by molar-refractivity contribution is 0.0749. The minimum Gasteiger partial charge on any atom is -0.366 e. The number of aryl methyl sites for hydroxylation is 1. The quantitative estimate of drug-likeness (QED) is 0.769. The van der Waals surface area contributed by atoms with Gasteiger partial charge in [-0.25, -0.2) is 0 Å². The maximum atomic E-state index is 12.6. The molecule has 1 heterocycles. The average Bonchev–Trinajstić information content (AvgIpc) is 2.82. The zero-order chi connectivity index (χ0) is 15.9. The van der Waals surface area contributed by atoms with Gasteiger partial charge in [0.25, 0.3) is 5.91 Å². The van der Waals surface area contributed by atoms with E-state index in [1.54, 1.807) is 23.9 Å². The zero-order valence-corrected chi connectivity index (χ0v) is 14.1. The van der Waals surface area contributed by atoms with Crippen LogP contribution in [0.25, 0.3) is 0 Å². The summed E-state index contributed by atoms with van der Waals surface area (Å²) in [5.41, 5.74) is 12.2. The molecule has 2 aliphatic rings. The first kappa shape index (κ1) is 17.8. The summed E-state index contributed by atoms with van der Waals surface area (Å²) in [4.78, 5) is 23.8. The molecule has 0 aromatic carbocycles. The summed E-state index contributed by atoms with van der Waals surface area (Å²) in [6.45, 7) is 0. The molecule has 2 saturated carbocycles. The van der Waals surface area contributed by atoms with Crippen molar-refractivity contribution in [2.24, 2.45) is 30.4 Å². The minimum absolute atomic E-state index is 0. The number of carbonyl (C=O) groups is 2. The fraction of sp³-hybridized carbons (Fsp3) is 0.625. The monoisotopic (exact) mass is 340 g/mol. The second kappa shape index (κ2) is 6.93. The Bertz CT molecular complexity index is 587. The number of aromatic nitrogens is 1. The van der Waals surface area contributed by atoms with Gasteiger partial charge in [0.2, 0.25) is 5.91 Å². The van der Waals surface area contributed by atoms with E-state index in [0.29, 0.717) is 23.1 Å². The maximum absolute atomic E-state index is 12.6. The third-order valence-corrected chi connectivity index (χ3v) is 5.20. The van der Waals surface area contributed by atoms with Crippen LogP contribution < -0.4 is 16.8 Å². The number of halogens is 1. The van der Waals surface area contributed by atoms with E-state index in [9.17, 15) is 9.59 Å². The molecule has 3 rings (SSSR count). The number of nitrogens with zero attached hydrogens (tertiary/aromatic N) is 1. The van der Waals surface area contributed by atoms with Gasteiger partial charge in [-0.05, 0) is 43.6 Å². The molecule has 23 heavy (non-hydrogen) atoms. The largest absolute Gasteiger partial charge is 0.366 e. The molecule has 2 atom stereocenters. The van der Waals surface area contributed by atoms with Crippen molar-refractivity contribution in [3.8, 4) is 0 Å². The number of rotatable bonds is 3. The van der Waals surface area contributed by atoms with Crippen molar-refractivity contribution in [1.29, 1.82) is 0 Å². The van der Waals surface area contributed by atoms with Crippen LogP contribution in [0.5, 0.6) is 0 Å². The van der Waals surface area contributed by atoms with Gasteiger partial charge in [0.1, 0.15) is 5.69 Å². The van der Waals surface area contributed by atoms with Crippen molar-refractivity contribution in [2.75, 3.05) is 0 Å². The Balaban J connectivity index is 0.00000192. The van der Waals surface area contributed by atoms with E-state index in [1.165, 1.54) is 6.42 Å². The predicted octanol–water partition coefficient (Wildman–Crippen LogP) is 1.18. The van der Waals surface area contributed by atoms with Gasteiger partial charge in [-0.1, -0.05) is 6.42 Å². The van der Waals surface area contributed by atoms with Crippen LogP contribution in [0, 0.1) is 11.8 Å². The molecule has 0 radical (unpaired) electrons. The van der Waals surface area contributed by atoms with E-state index in [4.69, 9.17) is 11.5 Å². The minimum atomic E-state index is -0.518. The Kier molecular flexibility index (Phi) is 5.37.